The molecule has 1 aliphatic rings. The Hall–Kier alpha value is -4.59. The molecule has 2 amide bonds. The number of benzene rings is 3. The van der Waals surface area contributed by atoms with E-state index in [2.05, 4.69) is 5.32 Å². The van der Waals surface area contributed by atoms with Gasteiger partial charge in [0.1, 0.15) is 11.2 Å². The molecule has 0 saturated carbocycles. The summed E-state index contributed by atoms with van der Waals surface area (Å²) in [5, 5.41) is 7.75. The van der Waals surface area contributed by atoms with Crippen LogP contribution >= 0.6 is 0 Å². The van der Waals surface area contributed by atoms with Crippen molar-refractivity contribution in [2.75, 3.05) is 14.2 Å². The van der Waals surface area contributed by atoms with E-state index >= 15 is 0 Å². The van der Waals surface area contributed by atoms with Crippen molar-refractivity contribution in [3.63, 3.8) is 0 Å². The summed E-state index contributed by atoms with van der Waals surface area (Å²) in [7, 11) is 3.14. The maximum absolute atomic E-state index is 14.0. The lowest BCUT2D eigenvalue weighted by Gasteiger charge is -2.43. The lowest BCUT2D eigenvalue weighted by molar-refractivity contribution is -0.133. The third-order valence-electron chi connectivity index (χ3n) is 6.94. The van der Waals surface area contributed by atoms with E-state index in [1.165, 1.54) is 0 Å². The first-order valence-corrected chi connectivity index (χ1v) is 12.4. The molecule has 4 aromatic rings. The van der Waals surface area contributed by atoms with Crippen molar-refractivity contribution in [3.05, 3.63) is 102 Å². The van der Waals surface area contributed by atoms with Crippen LogP contribution in [0.5, 0.6) is 11.5 Å². The topological polar surface area (TPSA) is 85.7 Å². The summed E-state index contributed by atoms with van der Waals surface area (Å²) in [6.07, 6.45) is 0. The third-order valence-corrected chi connectivity index (χ3v) is 6.94. The van der Waals surface area contributed by atoms with Gasteiger partial charge in [-0.2, -0.15) is 5.10 Å². The highest BCUT2D eigenvalue weighted by Gasteiger charge is 2.48. The molecular weight excluding hydrogens is 480 g/mol. The number of methoxy groups -OCH3 is 2. The first-order valence-electron chi connectivity index (χ1n) is 12.4. The largest absolute Gasteiger partial charge is 0.493 e. The second-order valence-corrected chi connectivity index (χ2v) is 9.46. The number of carbonyl (C=O) groups is 2. The quantitative estimate of drug-likeness (QED) is 0.382. The number of nitrogens with zero attached hydrogens (tertiary/aromatic N) is 3. The molecule has 5 rings (SSSR count). The van der Waals surface area contributed by atoms with Gasteiger partial charge in [-0.1, -0.05) is 66.7 Å². The standard InChI is InChI=1S/C30H30N4O4/c1-30(29(36)31-18-21-10-6-4-7-11-21)20-34-25(17-24(32-34)23-12-8-5-9-13-23)28(35)33(30)19-22-14-15-26(37-2)27(16-22)38-3/h4-17H,18-20H2,1-3H3,(H,31,36)/t30-/m0/s1. The molecule has 1 aliphatic heterocycles. The number of fused-ring (bicyclic) bond motifs is 1. The van der Waals surface area contributed by atoms with Gasteiger partial charge in [-0.15, -0.1) is 0 Å². The summed E-state index contributed by atoms with van der Waals surface area (Å²) < 4.78 is 12.5. The number of carbonyl (C=O) groups excluding carboxylic acids is 2. The van der Waals surface area contributed by atoms with Gasteiger partial charge in [0, 0.05) is 18.7 Å². The van der Waals surface area contributed by atoms with E-state index in [0.29, 0.717) is 29.4 Å². The molecule has 0 aliphatic carbocycles. The van der Waals surface area contributed by atoms with E-state index in [4.69, 9.17) is 14.6 Å². The molecule has 0 radical (unpaired) electrons. The number of aromatic nitrogens is 2. The monoisotopic (exact) mass is 510 g/mol. The van der Waals surface area contributed by atoms with Crippen molar-refractivity contribution in [1.82, 2.24) is 20.0 Å². The highest BCUT2D eigenvalue weighted by molar-refractivity contribution is 6.00. The summed E-state index contributed by atoms with van der Waals surface area (Å²) in [4.78, 5) is 29.4. The smallest absolute Gasteiger partial charge is 0.273 e. The van der Waals surface area contributed by atoms with Crippen molar-refractivity contribution in [2.45, 2.75) is 32.1 Å². The molecule has 0 unspecified atom stereocenters. The van der Waals surface area contributed by atoms with Crippen LogP contribution in [0.25, 0.3) is 11.3 Å². The van der Waals surface area contributed by atoms with E-state index in [1.54, 1.807) is 42.9 Å². The molecule has 8 nitrogen and oxygen atoms in total. The second-order valence-electron chi connectivity index (χ2n) is 9.46. The Morgan fingerprint density at radius 3 is 2.29 bits per heavy atom. The Morgan fingerprint density at radius 2 is 1.61 bits per heavy atom. The predicted octanol–water partition coefficient (Wildman–Crippen LogP) is 4.30. The van der Waals surface area contributed by atoms with Crippen LogP contribution in [0.2, 0.25) is 0 Å². The van der Waals surface area contributed by atoms with Crippen LogP contribution < -0.4 is 14.8 Å². The van der Waals surface area contributed by atoms with Gasteiger partial charge in [0.15, 0.2) is 11.5 Å². The average Bonchev–Trinajstić information content (AvgIpc) is 3.38. The van der Waals surface area contributed by atoms with Crippen LogP contribution in [0.4, 0.5) is 0 Å². The number of ether oxygens (including phenoxy) is 2. The van der Waals surface area contributed by atoms with Gasteiger partial charge in [0.2, 0.25) is 5.91 Å². The molecule has 2 heterocycles. The minimum atomic E-state index is -1.19. The molecule has 1 atom stereocenters. The van der Waals surface area contributed by atoms with Crippen LogP contribution in [-0.2, 0) is 24.4 Å². The molecule has 0 fully saturated rings. The van der Waals surface area contributed by atoms with Gasteiger partial charge in [-0.3, -0.25) is 14.3 Å². The second kappa shape index (κ2) is 10.4. The van der Waals surface area contributed by atoms with Crippen molar-refractivity contribution in [1.29, 1.82) is 0 Å². The SMILES string of the molecule is COc1ccc(CN2C(=O)c3cc(-c4ccccc4)nn3C[C@@]2(C)C(=O)NCc2ccccc2)cc1OC. The molecule has 0 saturated heterocycles. The van der Waals surface area contributed by atoms with Gasteiger partial charge in [0.25, 0.3) is 5.91 Å². The molecule has 3 aromatic carbocycles. The molecule has 1 aromatic heterocycles. The highest BCUT2D eigenvalue weighted by Crippen LogP contribution is 2.33. The zero-order valence-corrected chi connectivity index (χ0v) is 21.7. The molecule has 8 heteroatoms. The molecule has 0 bridgehead atoms. The normalized spacial score (nSPS) is 16.6. The van der Waals surface area contributed by atoms with Gasteiger partial charge < -0.3 is 19.7 Å². The summed E-state index contributed by atoms with van der Waals surface area (Å²) in [6, 6.07) is 26.7. The zero-order chi connectivity index (χ0) is 26.7. The summed E-state index contributed by atoms with van der Waals surface area (Å²) in [5.41, 5.74) is 2.64. The summed E-state index contributed by atoms with van der Waals surface area (Å²) >= 11 is 0. The molecule has 38 heavy (non-hydrogen) atoms. The van der Waals surface area contributed by atoms with Gasteiger partial charge in [-0.05, 0) is 36.2 Å². The number of hydrogen-bond acceptors (Lipinski definition) is 5. The van der Waals surface area contributed by atoms with Crippen molar-refractivity contribution in [2.24, 2.45) is 0 Å². The number of amides is 2. The Morgan fingerprint density at radius 1 is 0.921 bits per heavy atom. The predicted molar refractivity (Wildman–Crippen MR) is 144 cm³/mol. The van der Waals surface area contributed by atoms with Crippen molar-refractivity contribution >= 4 is 11.8 Å². The Kier molecular flexibility index (Phi) is 6.87. The Bertz CT molecular complexity index is 1450. The third kappa shape index (κ3) is 4.72. The maximum atomic E-state index is 14.0. The molecule has 0 spiro atoms. The molecule has 1 N–H and O–H groups in total. The fraction of sp³-hybridized carbons (Fsp3) is 0.233. The van der Waals surface area contributed by atoms with E-state index in [9.17, 15) is 9.59 Å². The fourth-order valence-corrected chi connectivity index (χ4v) is 4.77. The lowest BCUT2D eigenvalue weighted by atomic mass is 9.94. The molecular formula is C30H30N4O4. The summed E-state index contributed by atoms with van der Waals surface area (Å²) in [5.74, 6) is 0.631. The van der Waals surface area contributed by atoms with Gasteiger partial charge >= 0.3 is 0 Å². The van der Waals surface area contributed by atoms with Crippen molar-refractivity contribution < 1.29 is 19.1 Å². The summed E-state index contributed by atoms with van der Waals surface area (Å²) in [6.45, 7) is 2.57. The number of rotatable bonds is 8. The van der Waals surface area contributed by atoms with Crippen LogP contribution in [0, 0.1) is 0 Å². The fourth-order valence-electron chi connectivity index (χ4n) is 4.77. The lowest BCUT2D eigenvalue weighted by Crippen LogP contribution is -2.63. The van der Waals surface area contributed by atoms with E-state index < -0.39 is 5.54 Å². The average molecular weight is 511 g/mol. The van der Waals surface area contributed by atoms with E-state index in [-0.39, 0.29) is 24.9 Å². The number of nitrogens with one attached hydrogen (secondary N) is 1. The van der Waals surface area contributed by atoms with Gasteiger partial charge in [0.05, 0.1) is 26.5 Å². The van der Waals surface area contributed by atoms with E-state index in [0.717, 1.165) is 16.7 Å². The molecule has 194 valence electrons. The first-order chi connectivity index (χ1) is 18.4. The minimum absolute atomic E-state index is 0.209. The first kappa shape index (κ1) is 25.1. The Labute approximate surface area is 221 Å². The number of hydrogen-bond donors (Lipinski definition) is 1. The van der Waals surface area contributed by atoms with Crippen LogP contribution in [-0.4, -0.2) is 46.3 Å². The zero-order valence-electron chi connectivity index (χ0n) is 21.7. The van der Waals surface area contributed by atoms with Crippen LogP contribution in [0.15, 0.2) is 84.9 Å². The van der Waals surface area contributed by atoms with Crippen LogP contribution in [0.3, 0.4) is 0 Å². The minimum Gasteiger partial charge on any atom is -0.493 e. The van der Waals surface area contributed by atoms with Crippen molar-refractivity contribution in [3.8, 4) is 22.8 Å². The van der Waals surface area contributed by atoms with Crippen LogP contribution in [0.1, 0.15) is 28.5 Å². The maximum Gasteiger partial charge on any atom is 0.273 e. The Balaban J connectivity index is 1.51. The highest BCUT2D eigenvalue weighted by atomic mass is 16.5. The van der Waals surface area contributed by atoms with E-state index in [1.807, 2.05) is 72.8 Å². The van der Waals surface area contributed by atoms with Gasteiger partial charge in [-0.25, -0.2) is 0 Å².